The molecule has 19 heavy (non-hydrogen) atoms. The van der Waals surface area contributed by atoms with Crippen LogP contribution in [-0.2, 0) is 4.79 Å². The molecule has 2 amide bonds. The molecule has 2 rings (SSSR count). The van der Waals surface area contributed by atoms with Crippen molar-refractivity contribution < 1.29 is 14.3 Å². The van der Waals surface area contributed by atoms with Crippen LogP contribution in [0.3, 0.4) is 0 Å². The van der Waals surface area contributed by atoms with Gasteiger partial charge in [0.1, 0.15) is 5.75 Å². The van der Waals surface area contributed by atoms with Gasteiger partial charge in [0.05, 0.1) is 12.7 Å². The Labute approximate surface area is 116 Å². The fraction of sp³-hybridized carbons (Fsp3) is 0.385. The van der Waals surface area contributed by atoms with Gasteiger partial charge >= 0.3 is 0 Å². The van der Waals surface area contributed by atoms with Gasteiger partial charge in [-0.05, 0) is 24.6 Å². The van der Waals surface area contributed by atoms with Gasteiger partial charge in [0.25, 0.3) is 5.91 Å². The second kappa shape index (κ2) is 5.93. The Morgan fingerprint density at radius 1 is 1.53 bits per heavy atom. The summed E-state index contributed by atoms with van der Waals surface area (Å²) < 4.78 is 5.14. The number of halogens is 1. The molecule has 0 aliphatic carbocycles. The van der Waals surface area contributed by atoms with Crippen molar-refractivity contribution in [3.05, 3.63) is 28.8 Å². The van der Waals surface area contributed by atoms with Crippen molar-refractivity contribution in [1.82, 2.24) is 10.6 Å². The van der Waals surface area contributed by atoms with E-state index in [9.17, 15) is 9.59 Å². The van der Waals surface area contributed by atoms with E-state index >= 15 is 0 Å². The van der Waals surface area contributed by atoms with Crippen LogP contribution < -0.4 is 15.4 Å². The quantitative estimate of drug-likeness (QED) is 0.879. The lowest BCUT2D eigenvalue weighted by atomic mass is 10.1. The Morgan fingerprint density at radius 2 is 2.32 bits per heavy atom. The lowest BCUT2D eigenvalue weighted by Crippen LogP contribution is -2.47. The average molecular weight is 283 g/mol. The van der Waals surface area contributed by atoms with Crippen LogP contribution in [0.1, 0.15) is 23.2 Å². The van der Waals surface area contributed by atoms with Crippen LogP contribution in [-0.4, -0.2) is 31.5 Å². The first-order valence-corrected chi connectivity index (χ1v) is 6.39. The predicted molar refractivity (Wildman–Crippen MR) is 71.5 cm³/mol. The molecule has 5 nitrogen and oxygen atoms in total. The average Bonchev–Trinajstić information content (AvgIpc) is 2.41. The summed E-state index contributed by atoms with van der Waals surface area (Å²) in [5, 5.41) is 6.11. The van der Waals surface area contributed by atoms with Crippen molar-refractivity contribution in [2.24, 2.45) is 0 Å². The van der Waals surface area contributed by atoms with E-state index < -0.39 is 0 Å². The number of methoxy groups -OCH3 is 1. The highest BCUT2D eigenvalue weighted by Gasteiger charge is 2.21. The second-order valence-corrected chi connectivity index (χ2v) is 4.79. The zero-order valence-electron chi connectivity index (χ0n) is 10.5. The van der Waals surface area contributed by atoms with E-state index in [1.54, 1.807) is 18.2 Å². The number of carbonyl (C=O) groups is 2. The van der Waals surface area contributed by atoms with E-state index in [0.29, 0.717) is 35.7 Å². The van der Waals surface area contributed by atoms with Gasteiger partial charge in [-0.2, -0.15) is 0 Å². The summed E-state index contributed by atoms with van der Waals surface area (Å²) in [5.41, 5.74) is 0.434. The van der Waals surface area contributed by atoms with Crippen LogP contribution in [0.25, 0.3) is 0 Å². The van der Waals surface area contributed by atoms with E-state index in [4.69, 9.17) is 16.3 Å². The number of carbonyl (C=O) groups excluding carboxylic acids is 2. The summed E-state index contributed by atoms with van der Waals surface area (Å²) in [6.07, 6.45) is 1.08. The number of piperidine rings is 1. The van der Waals surface area contributed by atoms with Crippen LogP contribution in [0.2, 0.25) is 5.02 Å². The van der Waals surface area contributed by atoms with Gasteiger partial charge in [-0.15, -0.1) is 0 Å². The molecule has 2 N–H and O–H groups in total. The highest BCUT2D eigenvalue weighted by Crippen LogP contribution is 2.23. The number of benzene rings is 1. The summed E-state index contributed by atoms with van der Waals surface area (Å²) >= 11 is 5.85. The second-order valence-electron chi connectivity index (χ2n) is 4.36. The third-order valence-electron chi connectivity index (χ3n) is 3.01. The van der Waals surface area contributed by atoms with Crippen LogP contribution in [0, 0.1) is 0 Å². The number of amides is 2. The zero-order valence-corrected chi connectivity index (χ0v) is 11.3. The van der Waals surface area contributed by atoms with Gasteiger partial charge in [0, 0.05) is 24.0 Å². The van der Waals surface area contributed by atoms with Gasteiger partial charge in [0.15, 0.2) is 0 Å². The van der Waals surface area contributed by atoms with Crippen molar-refractivity contribution in [2.45, 2.75) is 18.9 Å². The molecule has 1 aromatic rings. The molecule has 0 aromatic heterocycles. The van der Waals surface area contributed by atoms with Crippen molar-refractivity contribution in [1.29, 1.82) is 0 Å². The highest BCUT2D eigenvalue weighted by molar-refractivity contribution is 6.30. The van der Waals surface area contributed by atoms with E-state index in [2.05, 4.69) is 10.6 Å². The molecule has 1 aromatic carbocycles. The molecule has 1 fully saturated rings. The lowest BCUT2D eigenvalue weighted by molar-refractivity contribution is -0.122. The number of ether oxygens (including phenoxy) is 1. The SMILES string of the molecule is COc1cc(Cl)ccc1C(=O)NC1CCC(=O)NC1. The van der Waals surface area contributed by atoms with Crippen LogP contribution >= 0.6 is 11.6 Å². The molecule has 6 heteroatoms. The molecule has 0 radical (unpaired) electrons. The molecule has 1 aliphatic rings. The molecule has 1 atom stereocenters. The summed E-state index contributed by atoms with van der Waals surface area (Å²) in [7, 11) is 1.49. The Bertz CT molecular complexity index is 495. The maximum Gasteiger partial charge on any atom is 0.255 e. The van der Waals surface area contributed by atoms with Crippen LogP contribution in [0.15, 0.2) is 18.2 Å². The maximum atomic E-state index is 12.1. The number of rotatable bonds is 3. The van der Waals surface area contributed by atoms with Gasteiger partial charge in [-0.3, -0.25) is 9.59 Å². The summed E-state index contributed by atoms with van der Waals surface area (Å²) in [4.78, 5) is 23.2. The normalized spacial score (nSPS) is 18.6. The monoisotopic (exact) mass is 282 g/mol. The van der Waals surface area contributed by atoms with E-state index in [-0.39, 0.29) is 17.9 Å². The van der Waals surface area contributed by atoms with Crippen molar-refractivity contribution >= 4 is 23.4 Å². The van der Waals surface area contributed by atoms with Gasteiger partial charge in [-0.25, -0.2) is 0 Å². The molecule has 102 valence electrons. The van der Waals surface area contributed by atoms with Crippen molar-refractivity contribution in [2.75, 3.05) is 13.7 Å². The van der Waals surface area contributed by atoms with E-state index in [1.165, 1.54) is 7.11 Å². The zero-order chi connectivity index (χ0) is 13.8. The Morgan fingerprint density at radius 3 is 2.95 bits per heavy atom. The molecule has 1 heterocycles. The minimum absolute atomic E-state index is 0.0228. The minimum Gasteiger partial charge on any atom is -0.496 e. The molecule has 1 unspecified atom stereocenters. The van der Waals surface area contributed by atoms with Gasteiger partial charge < -0.3 is 15.4 Å². The van der Waals surface area contributed by atoms with E-state index in [0.717, 1.165) is 0 Å². The van der Waals surface area contributed by atoms with Gasteiger partial charge in [-0.1, -0.05) is 11.6 Å². The first kappa shape index (κ1) is 13.7. The summed E-state index contributed by atoms with van der Waals surface area (Å²) in [5.74, 6) is 0.231. The van der Waals surface area contributed by atoms with E-state index in [1.807, 2.05) is 0 Å². The molecule has 0 bridgehead atoms. The van der Waals surface area contributed by atoms with Crippen LogP contribution in [0.4, 0.5) is 0 Å². The predicted octanol–water partition coefficient (Wildman–Crippen LogP) is 1.36. The molecule has 0 spiro atoms. The number of hydrogen-bond acceptors (Lipinski definition) is 3. The minimum atomic E-state index is -0.227. The Balaban J connectivity index is 2.05. The molecule has 1 saturated heterocycles. The first-order valence-electron chi connectivity index (χ1n) is 6.01. The number of hydrogen-bond donors (Lipinski definition) is 2. The fourth-order valence-electron chi connectivity index (χ4n) is 1.97. The lowest BCUT2D eigenvalue weighted by Gasteiger charge is -2.23. The number of nitrogens with one attached hydrogen (secondary N) is 2. The Kier molecular flexibility index (Phi) is 4.27. The molecule has 1 aliphatic heterocycles. The standard InChI is InChI=1S/C13H15ClN2O3/c1-19-11-6-8(14)2-4-10(11)13(18)16-9-3-5-12(17)15-7-9/h2,4,6,9H,3,5,7H2,1H3,(H,15,17)(H,16,18). The van der Waals surface area contributed by atoms with Crippen molar-refractivity contribution in [3.8, 4) is 5.75 Å². The van der Waals surface area contributed by atoms with Crippen molar-refractivity contribution in [3.63, 3.8) is 0 Å². The van der Waals surface area contributed by atoms with Crippen LogP contribution in [0.5, 0.6) is 5.75 Å². The summed E-state index contributed by atoms with van der Waals surface area (Å²) in [6, 6.07) is 4.81. The fourth-order valence-corrected chi connectivity index (χ4v) is 2.13. The highest BCUT2D eigenvalue weighted by atomic mass is 35.5. The molecular weight excluding hydrogens is 268 g/mol. The largest absolute Gasteiger partial charge is 0.496 e. The molecule has 0 saturated carbocycles. The van der Waals surface area contributed by atoms with Gasteiger partial charge in [0.2, 0.25) is 5.91 Å². The first-order chi connectivity index (χ1) is 9.10. The maximum absolute atomic E-state index is 12.1. The summed E-state index contributed by atoms with van der Waals surface area (Å²) in [6.45, 7) is 0.459. The molecular formula is C13H15ClN2O3. The Hall–Kier alpha value is -1.75. The third kappa shape index (κ3) is 3.38. The topological polar surface area (TPSA) is 67.4 Å². The third-order valence-corrected chi connectivity index (χ3v) is 3.24. The smallest absolute Gasteiger partial charge is 0.255 e.